The normalized spacial score (nSPS) is 11.4. The first-order valence-electron chi connectivity index (χ1n) is 7.71. The van der Waals surface area contributed by atoms with Crippen LogP contribution < -0.4 is 0 Å². The van der Waals surface area contributed by atoms with Crippen molar-refractivity contribution in [3.63, 3.8) is 0 Å². The van der Waals surface area contributed by atoms with Gasteiger partial charge in [-0.25, -0.2) is 4.39 Å². The van der Waals surface area contributed by atoms with E-state index in [1.54, 1.807) is 12.3 Å². The van der Waals surface area contributed by atoms with Crippen molar-refractivity contribution >= 4 is 23.5 Å². The molecule has 1 heterocycles. The van der Waals surface area contributed by atoms with Crippen molar-refractivity contribution in [2.45, 2.75) is 20.8 Å². The van der Waals surface area contributed by atoms with Gasteiger partial charge in [0.05, 0.1) is 10.7 Å². The zero-order valence-corrected chi connectivity index (χ0v) is 14.6. The molecule has 24 heavy (non-hydrogen) atoms. The van der Waals surface area contributed by atoms with E-state index >= 15 is 0 Å². The predicted molar refractivity (Wildman–Crippen MR) is 98.6 cm³/mol. The average Bonchev–Trinajstić information content (AvgIpc) is 2.82. The second kappa shape index (κ2) is 6.62. The number of rotatable bonds is 3. The first-order valence-corrected chi connectivity index (χ1v) is 8.08. The molecule has 3 rings (SSSR count). The molecule has 0 saturated heterocycles. The number of halogens is 2. The quantitative estimate of drug-likeness (QED) is 0.524. The summed E-state index contributed by atoms with van der Waals surface area (Å²) >= 11 is 5.80. The Bertz CT molecular complexity index is 925. The fraction of sp³-hybridized carbons (Fsp3) is 0.150. The maximum atomic E-state index is 13.2. The highest BCUT2D eigenvalue weighted by molar-refractivity contribution is 6.31. The molecule has 0 radical (unpaired) electrons. The van der Waals surface area contributed by atoms with E-state index in [0.717, 1.165) is 22.6 Å². The molecule has 0 aliphatic carbocycles. The van der Waals surface area contributed by atoms with Gasteiger partial charge >= 0.3 is 0 Å². The van der Waals surface area contributed by atoms with Crippen molar-refractivity contribution in [2.75, 3.05) is 0 Å². The van der Waals surface area contributed by atoms with Crippen LogP contribution in [-0.2, 0) is 0 Å². The summed E-state index contributed by atoms with van der Waals surface area (Å²) in [7, 11) is 0. The summed E-state index contributed by atoms with van der Waals surface area (Å²) in [5, 5.41) is 0.0786. The molecule has 0 amide bonds. The summed E-state index contributed by atoms with van der Waals surface area (Å²) in [5.74, 6) is -0.437. The highest BCUT2D eigenvalue weighted by atomic mass is 35.5. The summed E-state index contributed by atoms with van der Waals surface area (Å²) in [6, 6.07) is 14.9. The minimum atomic E-state index is -0.437. The molecule has 0 N–H and O–H groups in total. The second-order valence-corrected chi connectivity index (χ2v) is 6.26. The minimum absolute atomic E-state index is 0.0786. The van der Waals surface area contributed by atoms with E-state index in [0.29, 0.717) is 5.69 Å². The van der Waals surface area contributed by atoms with E-state index in [1.165, 1.54) is 17.7 Å². The molecular weight excluding hydrogens is 323 g/mol. The molecule has 0 aliphatic heterocycles. The minimum Gasteiger partial charge on any atom is -0.318 e. The Hall–Kier alpha value is -2.39. The highest BCUT2D eigenvalue weighted by Crippen LogP contribution is 2.23. The van der Waals surface area contributed by atoms with Gasteiger partial charge in [-0.05, 0) is 62.7 Å². The smallest absolute Gasteiger partial charge is 0.141 e. The summed E-state index contributed by atoms with van der Waals surface area (Å²) < 4.78 is 15.4. The van der Waals surface area contributed by atoms with E-state index in [-0.39, 0.29) is 5.02 Å². The highest BCUT2D eigenvalue weighted by Gasteiger charge is 2.09. The molecule has 0 saturated carbocycles. The number of hydrogen-bond acceptors (Lipinski definition) is 1. The lowest BCUT2D eigenvalue weighted by Gasteiger charge is -2.10. The molecule has 0 atom stereocenters. The third kappa shape index (κ3) is 3.26. The van der Waals surface area contributed by atoms with Crippen molar-refractivity contribution in [3.8, 4) is 5.69 Å². The fourth-order valence-corrected chi connectivity index (χ4v) is 2.97. The maximum absolute atomic E-state index is 13.2. The van der Waals surface area contributed by atoms with Gasteiger partial charge < -0.3 is 4.57 Å². The van der Waals surface area contributed by atoms with Crippen molar-refractivity contribution in [3.05, 3.63) is 81.9 Å². The summed E-state index contributed by atoms with van der Waals surface area (Å²) in [4.78, 5) is 4.42. The Morgan fingerprint density at radius 3 is 2.54 bits per heavy atom. The number of aromatic nitrogens is 1. The van der Waals surface area contributed by atoms with Crippen LogP contribution in [0.3, 0.4) is 0 Å². The lowest BCUT2D eigenvalue weighted by molar-refractivity contribution is 0.628. The van der Waals surface area contributed by atoms with Crippen molar-refractivity contribution in [1.29, 1.82) is 0 Å². The van der Waals surface area contributed by atoms with Crippen LogP contribution in [0.25, 0.3) is 5.69 Å². The molecule has 2 aromatic carbocycles. The van der Waals surface area contributed by atoms with E-state index < -0.39 is 5.82 Å². The summed E-state index contributed by atoms with van der Waals surface area (Å²) in [6.07, 6.45) is 1.79. The monoisotopic (exact) mass is 340 g/mol. The summed E-state index contributed by atoms with van der Waals surface area (Å²) in [5.41, 5.74) is 6.24. The first-order chi connectivity index (χ1) is 11.5. The predicted octanol–water partition coefficient (Wildman–Crippen LogP) is 5.95. The van der Waals surface area contributed by atoms with Crippen LogP contribution in [0.15, 0.2) is 53.5 Å². The van der Waals surface area contributed by atoms with Crippen molar-refractivity contribution in [1.82, 2.24) is 4.57 Å². The fourth-order valence-electron chi connectivity index (χ4n) is 2.79. The standard InChI is InChI=1S/C20H18ClFN2/c1-13-5-4-6-18(9-13)24-14(2)10-16(15(24)3)12-23-17-7-8-20(22)19(21)11-17/h4-12H,1-3H3. The van der Waals surface area contributed by atoms with Gasteiger partial charge in [-0.2, -0.15) is 0 Å². The molecule has 0 fully saturated rings. The molecule has 122 valence electrons. The van der Waals surface area contributed by atoms with Gasteiger partial charge in [-0.1, -0.05) is 23.7 Å². The van der Waals surface area contributed by atoms with E-state index in [2.05, 4.69) is 60.7 Å². The topological polar surface area (TPSA) is 17.3 Å². The van der Waals surface area contributed by atoms with Crippen LogP contribution in [0, 0.1) is 26.6 Å². The zero-order chi connectivity index (χ0) is 17.3. The number of aryl methyl sites for hydroxylation is 2. The van der Waals surface area contributed by atoms with Crippen molar-refractivity contribution in [2.24, 2.45) is 4.99 Å². The molecule has 3 aromatic rings. The SMILES string of the molecule is Cc1cccc(-n2c(C)cc(C=Nc3ccc(F)c(Cl)c3)c2C)c1. The maximum Gasteiger partial charge on any atom is 0.141 e. The molecular formula is C20H18ClFN2. The van der Waals surface area contributed by atoms with Gasteiger partial charge in [0.25, 0.3) is 0 Å². The van der Waals surface area contributed by atoms with Gasteiger partial charge in [0.1, 0.15) is 5.82 Å². The number of nitrogens with zero attached hydrogens (tertiary/aromatic N) is 2. The van der Waals surface area contributed by atoms with Crippen molar-refractivity contribution < 1.29 is 4.39 Å². The Kier molecular flexibility index (Phi) is 4.54. The lowest BCUT2D eigenvalue weighted by atomic mass is 10.2. The second-order valence-electron chi connectivity index (χ2n) is 5.86. The van der Waals surface area contributed by atoms with Gasteiger partial charge in [-0.3, -0.25) is 4.99 Å². The average molecular weight is 341 g/mol. The van der Waals surface area contributed by atoms with E-state index in [9.17, 15) is 4.39 Å². The van der Waals surface area contributed by atoms with E-state index in [4.69, 9.17) is 11.6 Å². The summed E-state index contributed by atoms with van der Waals surface area (Å²) in [6.45, 7) is 6.22. The van der Waals surface area contributed by atoms with Crippen LogP contribution in [0.5, 0.6) is 0 Å². The molecule has 1 aromatic heterocycles. The Balaban J connectivity index is 1.97. The van der Waals surface area contributed by atoms with Crippen LogP contribution in [0.4, 0.5) is 10.1 Å². The molecule has 0 spiro atoms. The Morgan fingerprint density at radius 2 is 1.83 bits per heavy atom. The largest absolute Gasteiger partial charge is 0.318 e. The molecule has 0 aliphatic rings. The lowest BCUT2D eigenvalue weighted by Crippen LogP contribution is -1.99. The van der Waals surface area contributed by atoms with Crippen LogP contribution in [0.2, 0.25) is 5.02 Å². The first kappa shape index (κ1) is 16.5. The molecule has 2 nitrogen and oxygen atoms in total. The molecule has 4 heteroatoms. The third-order valence-electron chi connectivity index (χ3n) is 3.99. The zero-order valence-electron chi connectivity index (χ0n) is 13.8. The van der Waals surface area contributed by atoms with E-state index in [1.807, 2.05) is 0 Å². The Labute approximate surface area is 146 Å². The number of hydrogen-bond donors (Lipinski definition) is 0. The van der Waals surface area contributed by atoms with Crippen LogP contribution in [-0.4, -0.2) is 10.8 Å². The number of benzene rings is 2. The Morgan fingerprint density at radius 1 is 1.04 bits per heavy atom. The van der Waals surface area contributed by atoms with Crippen LogP contribution in [0.1, 0.15) is 22.5 Å². The van der Waals surface area contributed by atoms with Crippen LogP contribution >= 0.6 is 11.6 Å². The van der Waals surface area contributed by atoms with Gasteiger partial charge in [0.2, 0.25) is 0 Å². The van der Waals surface area contributed by atoms with Gasteiger partial charge in [0, 0.05) is 28.9 Å². The number of aliphatic imine (C=N–C) groups is 1. The van der Waals surface area contributed by atoms with Gasteiger partial charge in [-0.15, -0.1) is 0 Å². The third-order valence-corrected chi connectivity index (χ3v) is 4.28. The molecule has 0 unspecified atom stereocenters. The van der Waals surface area contributed by atoms with Gasteiger partial charge in [0.15, 0.2) is 0 Å². The molecule has 0 bridgehead atoms.